The fourth-order valence-electron chi connectivity index (χ4n) is 13.8. The van der Waals surface area contributed by atoms with Crippen LogP contribution in [0.15, 0.2) is 328 Å². The van der Waals surface area contributed by atoms with E-state index in [1.165, 1.54) is 0 Å². The molecule has 3 aromatic heterocycles. The third-order valence-corrected chi connectivity index (χ3v) is 18.7. The van der Waals surface area contributed by atoms with Gasteiger partial charge in [-0.2, -0.15) is 15.8 Å². The van der Waals surface area contributed by atoms with Gasteiger partial charge < -0.3 is 9.13 Å². The first kappa shape index (κ1) is 58.0. The summed E-state index contributed by atoms with van der Waals surface area (Å²) in [4.78, 5) is 16.5. The Labute approximate surface area is 566 Å². The fourth-order valence-corrected chi connectivity index (χ4v) is 13.8. The van der Waals surface area contributed by atoms with Crippen molar-refractivity contribution in [1.29, 1.82) is 15.8 Å². The second kappa shape index (κ2) is 24.6. The van der Waals surface area contributed by atoms with Gasteiger partial charge in [0.1, 0.15) is 0 Å². The smallest absolute Gasteiger partial charge is 0.164 e. The standard InChI is InChI=1S/C90H54N8/c91-55-58-24-28-66(29-25-58)78-53-74(97-84-44-36-70(61-15-5-1-6-16-61)49-80(84)81-50-71(37-45-85(81)97)62-17-7-2-8-18-62)40-42-76(78)89-94-88(68-34-32-65(33-35-68)69-23-13-14-60(48-69)57-93)95-90(96-89)77-43-41-75(54-79(77)67-30-26-59(56-92)27-31-67)98-86-46-38-72(63-19-9-3-10-20-63)51-82(86)83-52-73(39-47-87(83)98)64-21-11-4-12-22-64/h1-54H. The molecule has 0 N–H and O–H groups in total. The van der Waals surface area contributed by atoms with Crippen LogP contribution in [0.5, 0.6) is 0 Å². The minimum absolute atomic E-state index is 0.435. The number of hydrogen-bond acceptors (Lipinski definition) is 6. The van der Waals surface area contributed by atoms with E-state index in [0.717, 1.165) is 150 Å². The molecule has 0 aliphatic heterocycles. The van der Waals surface area contributed by atoms with Gasteiger partial charge in [-0.3, -0.25) is 0 Å². The van der Waals surface area contributed by atoms with Crippen LogP contribution in [-0.2, 0) is 0 Å². The van der Waals surface area contributed by atoms with Crippen molar-refractivity contribution in [3.05, 3.63) is 344 Å². The first-order chi connectivity index (χ1) is 48.4. The molecule has 0 fully saturated rings. The number of aromatic nitrogens is 5. The van der Waals surface area contributed by atoms with Crippen molar-refractivity contribution in [2.45, 2.75) is 0 Å². The predicted octanol–water partition coefficient (Wildman–Crippen LogP) is 22.4. The minimum atomic E-state index is 0.435. The van der Waals surface area contributed by atoms with E-state index >= 15 is 0 Å². The third kappa shape index (κ3) is 10.6. The molecule has 14 aromatic carbocycles. The summed E-state index contributed by atoms with van der Waals surface area (Å²) < 4.78 is 4.69. The highest BCUT2D eigenvalue weighted by Gasteiger charge is 2.24. The van der Waals surface area contributed by atoms with Crippen LogP contribution in [0, 0.1) is 34.0 Å². The molecule has 0 radical (unpaired) electrons. The van der Waals surface area contributed by atoms with Crippen molar-refractivity contribution in [3.8, 4) is 142 Å². The summed E-state index contributed by atoms with van der Waals surface area (Å²) in [5, 5.41) is 34.6. The van der Waals surface area contributed by atoms with E-state index < -0.39 is 0 Å². The molecular weight excluding hydrogens is 1190 g/mol. The molecule has 0 spiro atoms. The van der Waals surface area contributed by atoms with E-state index in [-0.39, 0.29) is 0 Å². The topological polar surface area (TPSA) is 120 Å². The lowest BCUT2D eigenvalue weighted by atomic mass is 9.96. The Morgan fingerprint density at radius 2 is 0.500 bits per heavy atom. The molecular formula is C90H54N8. The highest BCUT2D eigenvalue weighted by molar-refractivity contribution is 6.13. The normalized spacial score (nSPS) is 11.2. The molecule has 454 valence electrons. The van der Waals surface area contributed by atoms with Gasteiger partial charge in [-0.05, 0) is 199 Å². The maximum atomic E-state index is 10.2. The Balaban J connectivity index is 0.886. The summed E-state index contributed by atoms with van der Waals surface area (Å²) in [5.41, 5.74) is 24.3. The Morgan fingerprint density at radius 3 is 0.857 bits per heavy atom. The molecule has 8 heteroatoms. The van der Waals surface area contributed by atoms with Crippen LogP contribution in [0.1, 0.15) is 16.7 Å². The number of nitrogens with zero attached hydrogens (tertiary/aromatic N) is 8. The molecule has 0 saturated heterocycles. The average Bonchev–Trinajstić information content (AvgIpc) is 1.63. The summed E-state index contributed by atoms with van der Waals surface area (Å²) >= 11 is 0. The molecule has 0 atom stereocenters. The van der Waals surface area contributed by atoms with E-state index in [9.17, 15) is 15.8 Å². The Hall–Kier alpha value is -13.8. The zero-order valence-corrected chi connectivity index (χ0v) is 52.8. The Bertz CT molecular complexity index is 5580. The summed E-state index contributed by atoms with van der Waals surface area (Å²) in [6.07, 6.45) is 0. The van der Waals surface area contributed by atoms with Crippen LogP contribution < -0.4 is 0 Å². The van der Waals surface area contributed by atoms with E-state index in [4.69, 9.17) is 15.0 Å². The number of fused-ring (bicyclic) bond motifs is 6. The summed E-state index contributed by atoms with van der Waals surface area (Å²) in [5.74, 6) is 1.32. The second-order valence-corrected chi connectivity index (χ2v) is 24.5. The van der Waals surface area contributed by atoms with Crippen molar-refractivity contribution in [2.24, 2.45) is 0 Å². The van der Waals surface area contributed by atoms with Crippen LogP contribution in [0.2, 0.25) is 0 Å². The zero-order valence-electron chi connectivity index (χ0n) is 52.8. The number of rotatable bonds is 12. The van der Waals surface area contributed by atoms with Gasteiger partial charge in [0.05, 0.1) is 57.0 Å². The SMILES string of the molecule is N#Cc1ccc(-c2cc(-n3c4ccc(-c5ccccc5)cc4c4cc(-c5ccccc5)ccc43)ccc2-c2nc(-c3ccc(-c4cccc(C#N)c4)cc3)nc(-c3ccc(-n4c5ccc(-c6ccccc6)cc5c5cc(-c6ccccc6)ccc54)cc3-c3ccc(C#N)cc3)n2)cc1. The maximum Gasteiger partial charge on any atom is 0.164 e. The predicted molar refractivity (Wildman–Crippen MR) is 397 cm³/mol. The van der Waals surface area contributed by atoms with Crippen molar-refractivity contribution in [3.63, 3.8) is 0 Å². The van der Waals surface area contributed by atoms with Gasteiger partial charge in [0.15, 0.2) is 17.5 Å². The van der Waals surface area contributed by atoms with Crippen LogP contribution >= 0.6 is 0 Å². The summed E-state index contributed by atoms with van der Waals surface area (Å²) in [6.45, 7) is 0. The summed E-state index contributed by atoms with van der Waals surface area (Å²) in [7, 11) is 0. The number of nitriles is 3. The van der Waals surface area contributed by atoms with Crippen molar-refractivity contribution < 1.29 is 0 Å². The molecule has 0 unspecified atom stereocenters. The third-order valence-electron chi connectivity index (χ3n) is 18.7. The number of benzene rings is 14. The van der Waals surface area contributed by atoms with E-state index in [1.54, 1.807) is 6.07 Å². The Kier molecular flexibility index (Phi) is 14.5. The maximum absolute atomic E-state index is 10.2. The van der Waals surface area contributed by atoms with Gasteiger partial charge >= 0.3 is 0 Å². The molecule has 3 heterocycles. The molecule has 17 rings (SSSR count). The van der Waals surface area contributed by atoms with Crippen LogP contribution in [-0.4, -0.2) is 24.1 Å². The monoisotopic (exact) mass is 1250 g/mol. The van der Waals surface area contributed by atoms with Crippen LogP contribution in [0.25, 0.3) is 167 Å². The van der Waals surface area contributed by atoms with E-state index in [1.807, 2.05) is 115 Å². The molecule has 8 nitrogen and oxygen atoms in total. The van der Waals surface area contributed by atoms with Gasteiger partial charge in [-0.15, -0.1) is 0 Å². The Morgan fingerprint density at radius 1 is 0.204 bits per heavy atom. The lowest BCUT2D eigenvalue weighted by molar-refractivity contribution is 1.07. The largest absolute Gasteiger partial charge is 0.309 e. The van der Waals surface area contributed by atoms with E-state index in [0.29, 0.717) is 34.2 Å². The molecule has 0 amide bonds. The molecule has 0 saturated carbocycles. The lowest BCUT2D eigenvalue weighted by Gasteiger charge is -2.17. The molecule has 0 aliphatic carbocycles. The molecule has 17 aromatic rings. The molecule has 0 bridgehead atoms. The van der Waals surface area contributed by atoms with Crippen LogP contribution in [0.4, 0.5) is 0 Å². The van der Waals surface area contributed by atoms with Crippen molar-refractivity contribution in [1.82, 2.24) is 24.1 Å². The van der Waals surface area contributed by atoms with Gasteiger partial charge in [0.25, 0.3) is 0 Å². The molecule has 0 aliphatic rings. The van der Waals surface area contributed by atoms with Crippen LogP contribution in [0.3, 0.4) is 0 Å². The van der Waals surface area contributed by atoms with Gasteiger partial charge in [-0.25, -0.2) is 15.0 Å². The van der Waals surface area contributed by atoms with Crippen molar-refractivity contribution >= 4 is 43.6 Å². The van der Waals surface area contributed by atoms with Crippen molar-refractivity contribution in [2.75, 3.05) is 0 Å². The fraction of sp³-hybridized carbons (Fsp3) is 0. The van der Waals surface area contributed by atoms with Gasteiger partial charge in [-0.1, -0.05) is 206 Å². The average molecular weight is 1250 g/mol. The van der Waals surface area contributed by atoms with Gasteiger partial charge in [0.2, 0.25) is 0 Å². The van der Waals surface area contributed by atoms with E-state index in [2.05, 4.69) is 234 Å². The first-order valence-corrected chi connectivity index (χ1v) is 32.5. The summed E-state index contributed by atoms with van der Waals surface area (Å²) in [6, 6.07) is 120. The minimum Gasteiger partial charge on any atom is -0.309 e. The lowest BCUT2D eigenvalue weighted by Crippen LogP contribution is -2.03. The zero-order chi connectivity index (χ0) is 65.6. The highest BCUT2D eigenvalue weighted by atomic mass is 15.0. The molecule has 98 heavy (non-hydrogen) atoms. The highest BCUT2D eigenvalue weighted by Crippen LogP contribution is 2.44. The number of hydrogen-bond donors (Lipinski definition) is 0. The second-order valence-electron chi connectivity index (χ2n) is 24.5. The quantitative estimate of drug-likeness (QED) is 0.120. The first-order valence-electron chi connectivity index (χ1n) is 32.5. The van der Waals surface area contributed by atoms with Gasteiger partial charge in [0, 0.05) is 49.6 Å².